The molecule has 3 rings (SSSR count). The SMILES string of the molecule is N[C@@H]1CCC[C@H]1CC(=O)NC1CCCOc2ccc(F)cc21. The number of benzene rings is 1. The van der Waals surface area contributed by atoms with Gasteiger partial charge in [0.2, 0.25) is 5.91 Å². The van der Waals surface area contributed by atoms with Crippen LogP contribution in [0.5, 0.6) is 5.75 Å². The summed E-state index contributed by atoms with van der Waals surface area (Å²) in [5.74, 6) is 0.640. The molecule has 4 nitrogen and oxygen atoms in total. The van der Waals surface area contributed by atoms with Crippen LogP contribution in [0.1, 0.15) is 50.1 Å². The molecule has 1 fully saturated rings. The van der Waals surface area contributed by atoms with Gasteiger partial charge in [-0.05, 0) is 49.8 Å². The van der Waals surface area contributed by atoms with Crippen LogP contribution >= 0.6 is 0 Å². The number of nitrogens with two attached hydrogens (primary N) is 1. The van der Waals surface area contributed by atoms with E-state index in [0.717, 1.165) is 37.7 Å². The van der Waals surface area contributed by atoms with Crippen molar-refractivity contribution >= 4 is 5.91 Å². The summed E-state index contributed by atoms with van der Waals surface area (Å²) in [5.41, 5.74) is 6.77. The molecule has 3 atom stereocenters. The van der Waals surface area contributed by atoms with Crippen LogP contribution in [-0.2, 0) is 4.79 Å². The second-order valence-corrected chi connectivity index (χ2v) is 6.35. The number of fused-ring (bicyclic) bond motifs is 1. The van der Waals surface area contributed by atoms with Crippen LogP contribution < -0.4 is 15.8 Å². The number of carbonyl (C=O) groups excluding carboxylic acids is 1. The lowest BCUT2D eigenvalue weighted by Gasteiger charge is -2.21. The molecule has 1 saturated carbocycles. The van der Waals surface area contributed by atoms with Crippen LogP contribution in [0.15, 0.2) is 18.2 Å². The van der Waals surface area contributed by atoms with Gasteiger partial charge in [-0.15, -0.1) is 0 Å². The molecule has 1 aliphatic carbocycles. The fourth-order valence-corrected chi connectivity index (χ4v) is 3.51. The Bertz CT molecular complexity index is 549. The molecule has 1 aliphatic heterocycles. The molecular formula is C17H23FN2O2. The average Bonchev–Trinajstić information content (AvgIpc) is 2.78. The second-order valence-electron chi connectivity index (χ2n) is 6.35. The molecule has 1 aromatic rings. The first-order valence-electron chi connectivity index (χ1n) is 8.10. The molecule has 0 saturated heterocycles. The minimum Gasteiger partial charge on any atom is -0.493 e. The Labute approximate surface area is 130 Å². The highest BCUT2D eigenvalue weighted by Gasteiger charge is 2.28. The quantitative estimate of drug-likeness (QED) is 0.902. The topological polar surface area (TPSA) is 64.4 Å². The summed E-state index contributed by atoms with van der Waals surface area (Å²) in [6.07, 6.45) is 5.19. The van der Waals surface area contributed by atoms with Gasteiger partial charge in [-0.25, -0.2) is 4.39 Å². The maximum atomic E-state index is 13.5. The zero-order chi connectivity index (χ0) is 15.5. The zero-order valence-corrected chi connectivity index (χ0v) is 12.7. The van der Waals surface area contributed by atoms with E-state index in [1.54, 1.807) is 6.07 Å². The van der Waals surface area contributed by atoms with Gasteiger partial charge < -0.3 is 15.8 Å². The van der Waals surface area contributed by atoms with Gasteiger partial charge in [0.15, 0.2) is 0 Å². The lowest BCUT2D eigenvalue weighted by molar-refractivity contribution is -0.122. The Morgan fingerprint density at radius 2 is 2.18 bits per heavy atom. The Morgan fingerprint density at radius 3 is 2.95 bits per heavy atom. The van der Waals surface area contributed by atoms with E-state index in [2.05, 4.69) is 5.32 Å². The summed E-state index contributed by atoms with van der Waals surface area (Å²) >= 11 is 0. The van der Waals surface area contributed by atoms with Gasteiger partial charge in [0, 0.05) is 18.0 Å². The molecule has 1 heterocycles. The van der Waals surface area contributed by atoms with Gasteiger partial charge in [-0.1, -0.05) is 6.42 Å². The normalized spacial score (nSPS) is 27.6. The number of rotatable bonds is 3. The van der Waals surface area contributed by atoms with E-state index in [0.29, 0.717) is 18.8 Å². The third-order valence-electron chi connectivity index (χ3n) is 4.74. The molecular weight excluding hydrogens is 283 g/mol. The lowest BCUT2D eigenvalue weighted by atomic mass is 9.98. The molecule has 0 aromatic heterocycles. The maximum Gasteiger partial charge on any atom is 0.220 e. The number of ether oxygens (including phenoxy) is 1. The molecule has 1 aromatic carbocycles. The maximum absolute atomic E-state index is 13.5. The fraction of sp³-hybridized carbons (Fsp3) is 0.588. The van der Waals surface area contributed by atoms with Gasteiger partial charge >= 0.3 is 0 Å². The van der Waals surface area contributed by atoms with Crippen molar-refractivity contribution in [3.05, 3.63) is 29.6 Å². The van der Waals surface area contributed by atoms with Crippen LogP contribution in [0.3, 0.4) is 0 Å². The molecule has 5 heteroatoms. The zero-order valence-electron chi connectivity index (χ0n) is 12.7. The molecule has 0 spiro atoms. The Morgan fingerprint density at radius 1 is 1.32 bits per heavy atom. The average molecular weight is 306 g/mol. The Kier molecular flexibility index (Phi) is 4.62. The van der Waals surface area contributed by atoms with Gasteiger partial charge in [0.1, 0.15) is 11.6 Å². The van der Waals surface area contributed by atoms with E-state index in [4.69, 9.17) is 10.5 Å². The van der Waals surface area contributed by atoms with E-state index in [1.165, 1.54) is 12.1 Å². The van der Waals surface area contributed by atoms with Crippen molar-refractivity contribution in [1.82, 2.24) is 5.32 Å². The van der Waals surface area contributed by atoms with Gasteiger partial charge in [0.25, 0.3) is 0 Å². The van der Waals surface area contributed by atoms with Crippen LogP contribution in [0, 0.1) is 11.7 Å². The van der Waals surface area contributed by atoms with Gasteiger partial charge in [-0.3, -0.25) is 4.79 Å². The number of amides is 1. The van der Waals surface area contributed by atoms with Crippen LogP contribution in [0.25, 0.3) is 0 Å². The van der Waals surface area contributed by atoms with Crippen molar-refractivity contribution in [3.63, 3.8) is 0 Å². The van der Waals surface area contributed by atoms with Crippen LogP contribution in [0.4, 0.5) is 4.39 Å². The number of nitrogens with one attached hydrogen (secondary N) is 1. The summed E-state index contributed by atoms with van der Waals surface area (Å²) in [6, 6.07) is 4.45. The number of hydrogen-bond acceptors (Lipinski definition) is 3. The van der Waals surface area contributed by atoms with Crippen molar-refractivity contribution in [2.24, 2.45) is 11.7 Å². The molecule has 1 amide bonds. The van der Waals surface area contributed by atoms with Crippen molar-refractivity contribution in [2.45, 2.75) is 50.6 Å². The predicted molar refractivity (Wildman–Crippen MR) is 81.9 cm³/mol. The van der Waals surface area contributed by atoms with E-state index in [9.17, 15) is 9.18 Å². The first-order valence-corrected chi connectivity index (χ1v) is 8.10. The van der Waals surface area contributed by atoms with E-state index in [1.807, 2.05) is 0 Å². The summed E-state index contributed by atoms with van der Waals surface area (Å²) in [4.78, 5) is 12.3. The van der Waals surface area contributed by atoms with E-state index >= 15 is 0 Å². The first kappa shape index (κ1) is 15.3. The molecule has 22 heavy (non-hydrogen) atoms. The largest absolute Gasteiger partial charge is 0.493 e. The summed E-state index contributed by atoms with van der Waals surface area (Å²) in [7, 11) is 0. The summed E-state index contributed by atoms with van der Waals surface area (Å²) in [6.45, 7) is 0.596. The van der Waals surface area contributed by atoms with Crippen LogP contribution in [-0.4, -0.2) is 18.6 Å². The monoisotopic (exact) mass is 306 g/mol. The number of halogens is 1. The van der Waals surface area contributed by atoms with Crippen molar-refractivity contribution in [2.75, 3.05) is 6.61 Å². The molecule has 2 aliphatic rings. The minimum atomic E-state index is -0.304. The highest BCUT2D eigenvalue weighted by Crippen LogP contribution is 2.33. The van der Waals surface area contributed by atoms with E-state index in [-0.39, 0.29) is 29.7 Å². The van der Waals surface area contributed by atoms with Crippen molar-refractivity contribution < 1.29 is 13.9 Å². The second kappa shape index (κ2) is 6.65. The molecule has 0 bridgehead atoms. The molecule has 0 radical (unpaired) electrons. The van der Waals surface area contributed by atoms with Crippen LogP contribution in [0.2, 0.25) is 0 Å². The number of hydrogen-bond donors (Lipinski definition) is 2. The molecule has 120 valence electrons. The van der Waals surface area contributed by atoms with Crippen molar-refractivity contribution in [3.8, 4) is 5.75 Å². The lowest BCUT2D eigenvalue weighted by Crippen LogP contribution is -2.33. The predicted octanol–water partition coefficient (Wildman–Crippen LogP) is 2.67. The molecule has 1 unspecified atom stereocenters. The number of carbonyl (C=O) groups is 1. The Balaban J connectivity index is 1.69. The minimum absolute atomic E-state index is 0.00413. The summed E-state index contributed by atoms with van der Waals surface area (Å²) < 4.78 is 19.2. The van der Waals surface area contributed by atoms with E-state index < -0.39 is 0 Å². The molecule has 3 N–H and O–H groups in total. The summed E-state index contributed by atoms with van der Waals surface area (Å²) in [5, 5.41) is 3.05. The fourth-order valence-electron chi connectivity index (χ4n) is 3.51. The first-order chi connectivity index (χ1) is 10.6. The van der Waals surface area contributed by atoms with Gasteiger partial charge in [0.05, 0.1) is 12.6 Å². The van der Waals surface area contributed by atoms with Crippen molar-refractivity contribution in [1.29, 1.82) is 0 Å². The third-order valence-corrected chi connectivity index (χ3v) is 4.74. The Hall–Kier alpha value is -1.62. The standard InChI is InChI=1S/C17H23FN2O2/c18-12-6-7-16-13(10-12)15(5-2-8-22-16)20-17(21)9-11-3-1-4-14(11)19/h6-7,10-11,14-15H,1-5,8-9,19H2,(H,20,21)/t11-,14+,15?/m0/s1. The highest BCUT2D eigenvalue weighted by atomic mass is 19.1. The van der Waals surface area contributed by atoms with Gasteiger partial charge in [-0.2, -0.15) is 0 Å². The smallest absolute Gasteiger partial charge is 0.220 e. The third kappa shape index (κ3) is 3.40. The highest BCUT2D eigenvalue weighted by molar-refractivity contribution is 5.77.